The number of fused-ring (bicyclic) bond motifs is 1. The molecule has 0 bridgehead atoms. The van der Waals surface area contributed by atoms with Crippen LogP contribution in [0.2, 0.25) is 0 Å². The fourth-order valence-electron chi connectivity index (χ4n) is 5.83. The molecule has 3 aromatic carbocycles. The second-order valence-electron chi connectivity index (χ2n) is 11.2. The summed E-state index contributed by atoms with van der Waals surface area (Å²) in [7, 11) is 2.14. The molecule has 2 aliphatic heterocycles. The molecule has 0 saturated carbocycles. The van der Waals surface area contributed by atoms with Gasteiger partial charge in [0.2, 0.25) is 0 Å². The van der Waals surface area contributed by atoms with Crippen molar-refractivity contribution in [3.05, 3.63) is 88.5 Å². The van der Waals surface area contributed by atoms with Crippen molar-refractivity contribution < 1.29 is 18.3 Å². The summed E-state index contributed by atoms with van der Waals surface area (Å²) in [6.45, 7) is 5.45. The van der Waals surface area contributed by atoms with E-state index in [-0.39, 0.29) is 17.9 Å². The SMILES string of the molecule is CN1CCN(c2ccc(C(=O)Nc3n[nH]c4ccc(Cc5cc(F)ccc5F)cc34)c(CC3CCOCC3)c2)CC1. The number of aromatic nitrogens is 2. The minimum absolute atomic E-state index is 0.216. The topological polar surface area (TPSA) is 73.5 Å². The molecule has 2 N–H and O–H groups in total. The standard InChI is InChI=1S/C32H35F2N5O2/c1-38-10-12-39(13-11-38)26-4-5-27(23(20-26)16-21-8-14-41-15-9-21)32(40)35-31-28-18-22(2-7-30(28)36-37-31)17-24-19-25(33)3-6-29(24)34/h2-7,18-21H,8-17H2,1H3,(H2,35,36,37,40). The van der Waals surface area contributed by atoms with Crippen LogP contribution in [0, 0.1) is 17.6 Å². The lowest BCUT2D eigenvalue weighted by Crippen LogP contribution is -2.44. The molecule has 2 fully saturated rings. The van der Waals surface area contributed by atoms with Gasteiger partial charge in [0.05, 0.1) is 5.52 Å². The second-order valence-corrected chi connectivity index (χ2v) is 11.2. The Morgan fingerprint density at radius 2 is 1.80 bits per heavy atom. The molecular formula is C32H35F2N5O2. The van der Waals surface area contributed by atoms with Crippen LogP contribution < -0.4 is 10.2 Å². The summed E-state index contributed by atoms with van der Waals surface area (Å²) in [6.07, 6.45) is 3.01. The van der Waals surface area contributed by atoms with E-state index >= 15 is 0 Å². The number of carbonyl (C=O) groups is 1. The van der Waals surface area contributed by atoms with Crippen molar-refractivity contribution in [3.63, 3.8) is 0 Å². The van der Waals surface area contributed by atoms with Gasteiger partial charge in [0.1, 0.15) is 11.6 Å². The molecule has 2 aliphatic rings. The molecule has 9 heteroatoms. The molecule has 7 nitrogen and oxygen atoms in total. The minimum Gasteiger partial charge on any atom is -0.381 e. The van der Waals surface area contributed by atoms with Crippen molar-refractivity contribution in [1.82, 2.24) is 15.1 Å². The van der Waals surface area contributed by atoms with E-state index in [1.54, 1.807) is 0 Å². The molecule has 6 rings (SSSR count). The predicted molar refractivity (Wildman–Crippen MR) is 157 cm³/mol. The summed E-state index contributed by atoms with van der Waals surface area (Å²) >= 11 is 0. The third-order valence-corrected chi connectivity index (χ3v) is 8.31. The Kier molecular flexibility index (Phi) is 7.98. The fourth-order valence-corrected chi connectivity index (χ4v) is 5.83. The average Bonchev–Trinajstić information content (AvgIpc) is 3.37. The number of likely N-dealkylation sites (N-methyl/N-ethyl adjacent to an activating group) is 1. The van der Waals surface area contributed by atoms with Gasteiger partial charge in [0, 0.05) is 62.5 Å². The number of H-pyrrole nitrogens is 1. The molecule has 0 radical (unpaired) electrons. The van der Waals surface area contributed by atoms with Crippen molar-refractivity contribution in [2.75, 3.05) is 56.7 Å². The molecule has 0 spiro atoms. The number of benzene rings is 3. The molecule has 0 atom stereocenters. The first-order valence-corrected chi connectivity index (χ1v) is 14.3. The van der Waals surface area contributed by atoms with Gasteiger partial charge in [-0.05, 0) is 97.4 Å². The molecule has 0 unspecified atom stereocenters. The van der Waals surface area contributed by atoms with Gasteiger partial charge in [-0.3, -0.25) is 9.89 Å². The highest BCUT2D eigenvalue weighted by atomic mass is 19.1. The number of piperazine rings is 1. The smallest absolute Gasteiger partial charge is 0.257 e. The van der Waals surface area contributed by atoms with E-state index in [0.717, 1.165) is 93.1 Å². The number of carbonyl (C=O) groups excluding carboxylic acids is 1. The van der Waals surface area contributed by atoms with Crippen LogP contribution in [-0.4, -0.2) is 67.4 Å². The third-order valence-electron chi connectivity index (χ3n) is 8.31. The van der Waals surface area contributed by atoms with E-state index in [2.05, 4.69) is 38.4 Å². The van der Waals surface area contributed by atoms with Crippen LogP contribution in [0.1, 0.15) is 39.9 Å². The van der Waals surface area contributed by atoms with E-state index in [1.807, 2.05) is 30.3 Å². The molecule has 1 amide bonds. The van der Waals surface area contributed by atoms with Crippen LogP contribution in [0.3, 0.4) is 0 Å². The lowest BCUT2D eigenvalue weighted by atomic mass is 9.89. The molecule has 4 aromatic rings. The summed E-state index contributed by atoms with van der Waals surface area (Å²) in [4.78, 5) is 18.4. The first-order chi connectivity index (χ1) is 19.9. The number of anilines is 2. The molecule has 214 valence electrons. The zero-order valence-corrected chi connectivity index (χ0v) is 23.3. The van der Waals surface area contributed by atoms with Gasteiger partial charge in [0.15, 0.2) is 5.82 Å². The van der Waals surface area contributed by atoms with Crippen molar-refractivity contribution in [1.29, 1.82) is 0 Å². The van der Waals surface area contributed by atoms with E-state index < -0.39 is 11.6 Å². The Morgan fingerprint density at radius 3 is 2.61 bits per heavy atom. The number of nitrogens with one attached hydrogen (secondary N) is 2. The first kappa shape index (κ1) is 27.4. The van der Waals surface area contributed by atoms with Crippen LogP contribution in [-0.2, 0) is 17.6 Å². The molecular weight excluding hydrogens is 524 g/mol. The number of aromatic amines is 1. The highest BCUT2D eigenvalue weighted by Crippen LogP contribution is 2.29. The number of nitrogens with zero attached hydrogens (tertiary/aromatic N) is 3. The largest absolute Gasteiger partial charge is 0.381 e. The monoisotopic (exact) mass is 559 g/mol. The fraction of sp³-hybridized carbons (Fsp3) is 0.375. The Bertz CT molecular complexity index is 1540. The number of halogens is 2. The summed E-state index contributed by atoms with van der Waals surface area (Å²) in [5, 5.41) is 11.1. The van der Waals surface area contributed by atoms with E-state index in [0.29, 0.717) is 22.7 Å². The van der Waals surface area contributed by atoms with E-state index in [4.69, 9.17) is 4.74 Å². The van der Waals surface area contributed by atoms with Gasteiger partial charge in [0.25, 0.3) is 5.91 Å². The number of amides is 1. The maximum Gasteiger partial charge on any atom is 0.257 e. The van der Waals surface area contributed by atoms with Crippen molar-refractivity contribution in [2.24, 2.45) is 5.92 Å². The van der Waals surface area contributed by atoms with Gasteiger partial charge in [-0.25, -0.2) is 8.78 Å². The van der Waals surface area contributed by atoms with Gasteiger partial charge >= 0.3 is 0 Å². The zero-order chi connectivity index (χ0) is 28.3. The molecule has 1 aromatic heterocycles. The van der Waals surface area contributed by atoms with Crippen molar-refractivity contribution in [2.45, 2.75) is 25.7 Å². The molecule has 0 aliphatic carbocycles. The molecule has 3 heterocycles. The van der Waals surface area contributed by atoms with Crippen LogP contribution in [0.15, 0.2) is 54.6 Å². The number of rotatable bonds is 7. The van der Waals surface area contributed by atoms with Crippen LogP contribution in [0.5, 0.6) is 0 Å². The average molecular weight is 560 g/mol. The molecule has 2 saturated heterocycles. The summed E-state index contributed by atoms with van der Waals surface area (Å²) in [5.74, 6) is -0.271. The van der Waals surface area contributed by atoms with Crippen molar-refractivity contribution >= 4 is 28.3 Å². The Morgan fingerprint density at radius 1 is 1.00 bits per heavy atom. The summed E-state index contributed by atoms with van der Waals surface area (Å²) < 4.78 is 33.5. The van der Waals surface area contributed by atoms with E-state index in [9.17, 15) is 13.6 Å². The lowest BCUT2D eigenvalue weighted by Gasteiger charge is -2.34. The highest BCUT2D eigenvalue weighted by Gasteiger charge is 2.22. The number of hydrogen-bond acceptors (Lipinski definition) is 5. The molecule has 41 heavy (non-hydrogen) atoms. The van der Waals surface area contributed by atoms with Crippen LogP contribution >= 0.6 is 0 Å². The normalized spacial score (nSPS) is 16.8. The lowest BCUT2D eigenvalue weighted by molar-refractivity contribution is 0.0664. The van der Waals surface area contributed by atoms with Crippen LogP contribution in [0.4, 0.5) is 20.3 Å². The maximum absolute atomic E-state index is 14.3. The highest BCUT2D eigenvalue weighted by molar-refractivity contribution is 6.08. The summed E-state index contributed by atoms with van der Waals surface area (Å²) in [6, 6.07) is 15.2. The second kappa shape index (κ2) is 12.0. The third kappa shape index (κ3) is 6.26. The van der Waals surface area contributed by atoms with Crippen LogP contribution in [0.25, 0.3) is 10.9 Å². The van der Waals surface area contributed by atoms with Gasteiger partial charge < -0.3 is 19.9 Å². The van der Waals surface area contributed by atoms with Crippen molar-refractivity contribution in [3.8, 4) is 0 Å². The quantitative estimate of drug-likeness (QED) is 0.317. The Balaban J connectivity index is 1.26. The maximum atomic E-state index is 14.3. The predicted octanol–water partition coefficient (Wildman–Crippen LogP) is 5.41. The minimum atomic E-state index is -0.478. The Labute approximate surface area is 238 Å². The van der Waals surface area contributed by atoms with E-state index in [1.165, 1.54) is 6.07 Å². The summed E-state index contributed by atoms with van der Waals surface area (Å²) in [5.41, 5.74) is 4.64. The number of hydrogen-bond donors (Lipinski definition) is 2. The van der Waals surface area contributed by atoms with Gasteiger partial charge in [-0.1, -0.05) is 6.07 Å². The van der Waals surface area contributed by atoms with Gasteiger partial charge in [-0.2, -0.15) is 5.10 Å². The van der Waals surface area contributed by atoms with Gasteiger partial charge in [-0.15, -0.1) is 0 Å². The zero-order valence-electron chi connectivity index (χ0n) is 23.3. The Hall–Kier alpha value is -3.82. The first-order valence-electron chi connectivity index (χ1n) is 14.3. The number of ether oxygens (including phenoxy) is 1.